The summed E-state index contributed by atoms with van der Waals surface area (Å²) in [4.78, 5) is 12.3. The van der Waals surface area contributed by atoms with E-state index in [4.69, 9.17) is 4.42 Å². The largest absolute Gasteiger partial charge is 0.422 e. The van der Waals surface area contributed by atoms with Gasteiger partial charge in [0, 0.05) is 11.6 Å². The van der Waals surface area contributed by atoms with Crippen LogP contribution in [-0.4, -0.2) is 6.54 Å². The highest BCUT2D eigenvalue weighted by atomic mass is 16.4. The Balaban J connectivity index is 1.74. The van der Waals surface area contributed by atoms with Gasteiger partial charge in [0.1, 0.15) is 17.4 Å². The number of rotatable bonds is 3. The van der Waals surface area contributed by atoms with Gasteiger partial charge in [0.2, 0.25) is 0 Å². The zero-order chi connectivity index (χ0) is 17.9. The van der Waals surface area contributed by atoms with Gasteiger partial charge in [-0.2, -0.15) is 5.26 Å². The van der Waals surface area contributed by atoms with E-state index in [1.54, 1.807) is 0 Å². The highest BCUT2D eigenvalue weighted by Crippen LogP contribution is 2.29. The molecule has 1 aliphatic rings. The van der Waals surface area contributed by atoms with Crippen LogP contribution in [0.4, 0.5) is 0 Å². The Labute approximate surface area is 151 Å². The molecule has 1 N–H and O–H groups in total. The first-order valence-corrected chi connectivity index (χ1v) is 8.73. The van der Waals surface area contributed by atoms with Crippen molar-refractivity contribution in [3.63, 3.8) is 0 Å². The quantitative estimate of drug-likeness (QED) is 0.772. The minimum Gasteiger partial charge on any atom is -0.422 e. The normalized spacial score (nSPS) is 16.3. The molecule has 4 rings (SSSR count). The first-order valence-electron chi connectivity index (χ1n) is 8.73. The third-order valence-electron chi connectivity index (χ3n) is 4.81. The van der Waals surface area contributed by atoms with Gasteiger partial charge >= 0.3 is 5.63 Å². The Bertz CT molecular complexity index is 1010. The molecule has 3 aromatic rings. The van der Waals surface area contributed by atoms with E-state index in [-0.39, 0.29) is 11.6 Å². The third kappa shape index (κ3) is 3.05. The van der Waals surface area contributed by atoms with Crippen molar-refractivity contribution in [3.05, 3.63) is 82.2 Å². The lowest BCUT2D eigenvalue weighted by Crippen LogP contribution is -2.18. The predicted molar refractivity (Wildman–Crippen MR) is 101 cm³/mol. The van der Waals surface area contributed by atoms with Crippen molar-refractivity contribution in [2.24, 2.45) is 0 Å². The summed E-state index contributed by atoms with van der Waals surface area (Å²) in [5.74, 6) is 0.498. The molecule has 1 fully saturated rings. The molecule has 2 aromatic carbocycles. The van der Waals surface area contributed by atoms with Crippen LogP contribution in [0.1, 0.15) is 30.0 Å². The lowest BCUT2D eigenvalue weighted by molar-refractivity contribution is 0.514. The van der Waals surface area contributed by atoms with Crippen molar-refractivity contribution in [2.75, 3.05) is 6.54 Å². The van der Waals surface area contributed by atoms with Gasteiger partial charge < -0.3 is 9.73 Å². The fraction of sp³-hybridized carbons (Fsp3) is 0.182. The summed E-state index contributed by atoms with van der Waals surface area (Å²) in [5, 5.41) is 12.7. The number of benzene rings is 2. The number of nitrogens with one attached hydrogen (secondary N) is 1. The van der Waals surface area contributed by atoms with Gasteiger partial charge in [-0.15, -0.1) is 0 Å². The van der Waals surface area contributed by atoms with E-state index in [1.165, 1.54) is 0 Å². The molecule has 1 atom stereocenters. The molecule has 1 aromatic heterocycles. The molecule has 0 aliphatic carbocycles. The number of nitriles is 1. The number of hydrogen-bond donors (Lipinski definition) is 1. The van der Waals surface area contributed by atoms with Gasteiger partial charge in [0.15, 0.2) is 0 Å². The molecule has 0 spiro atoms. The van der Waals surface area contributed by atoms with E-state index >= 15 is 0 Å². The second kappa shape index (κ2) is 6.99. The average molecular weight is 342 g/mol. The summed E-state index contributed by atoms with van der Waals surface area (Å²) in [7, 11) is 0. The third-order valence-corrected chi connectivity index (χ3v) is 4.81. The van der Waals surface area contributed by atoms with Crippen LogP contribution in [0, 0.1) is 11.3 Å². The van der Waals surface area contributed by atoms with E-state index in [2.05, 4.69) is 17.4 Å². The van der Waals surface area contributed by atoms with Crippen molar-refractivity contribution in [3.8, 4) is 28.5 Å². The summed E-state index contributed by atoms with van der Waals surface area (Å²) in [5.41, 5.74) is 3.34. The average Bonchev–Trinajstić information content (AvgIpc) is 3.23. The molecule has 1 aliphatic heterocycles. The van der Waals surface area contributed by atoms with Crippen molar-refractivity contribution in [1.29, 1.82) is 5.26 Å². The van der Waals surface area contributed by atoms with Crippen LogP contribution >= 0.6 is 0 Å². The molecule has 0 bridgehead atoms. The molecular weight excluding hydrogens is 324 g/mol. The van der Waals surface area contributed by atoms with Crippen LogP contribution in [0.15, 0.2) is 69.9 Å². The van der Waals surface area contributed by atoms with E-state index in [0.717, 1.165) is 41.6 Å². The molecule has 1 unspecified atom stereocenters. The summed E-state index contributed by atoms with van der Waals surface area (Å²) in [6.45, 7) is 0.900. The highest BCUT2D eigenvalue weighted by molar-refractivity contribution is 5.68. The van der Waals surface area contributed by atoms with Gasteiger partial charge in [-0.3, -0.25) is 0 Å². The van der Waals surface area contributed by atoms with Gasteiger partial charge in [-0.25, -0.2) is 4.79 Å². The summed E-state index contributed by atoms with van der Waals surface area (Å²) < 4.78 is 5.43. The molecule has 0 amide bonds. The van der Waals surface area contributed by atoms with Gasteiger partial charge in [0.05, 0.1) is 0 Å². The Morgan fingerprint density at radius 2 is 1.69 bits per heavy atom. The lowest BCUT2D eigenvalue weighted by atomic mass is 9.98. The Kier molecular flexibility index (Phi) is 4.39. The van der Waals surface area contributed by atoms with Crippen LogP contribution in [-0.2, 0) is 0 Å². The minimum atomic E-state index is -0.569. The molecule has 128 valence electrons. The summed E-state index contributed by atoms with van der Waals surface area (Å²) >= 11 is 0. The van der Waals surface area contributed by atoms with Crippen LogP contribution in [0.25, 0.3) is 22.5 Å². The number of hydrogen-bond acceptors (Lipinski definition) is 4. The fourth-order valence-electron chi connectivity index (χ4n) is 3.45. The van der Waals surface area contributed by atoms with E-state index < -0.39 is 5.63 Å². The monoisotopic (exact) mass is 342 g/mol. The standard InChI is InChI=1S/C22H18N2O2/c23-14-19-18(20-7-4-12-24-20)13-21(26-22(19)25)17-10-8-16(9-11-17)15-5-2-1-3-6-15/h1-3,5-6,8-11,13,20,24H,4,7,12H2. The molecule has 0 radical (unpaired) electrons. The smallest absolute Gasteiger partial charge is 0.354 e. The van der Waals surface area contributed by atoms with Gasteiger partial charge in [0.25, 0.3) is 0 Å². The topological polar surface area (TPSA) is 66.0 Å². The second-order valence-corrected chi connectivity index (χ2v) is 6.43. The second-order valence-electron chi connectivity index (χ2n) is 6.43. The molecule has 0 saturated carbocycles. The van der Waals surface area contributed by atoms with Crippen molar-refractivity contribution < 1.29 is 4.42 Å². The van der Waals surface area contributed by atoms with Crippen molar-refractivity contribution in [1.82, 2.24) is 5.32 Å². The number of nitrogens with zero attached hydrogens (tertiary/aromatic N) is 1. The van der Waals surface area contributed by atoms with Crippen LogP contribution in [0.2, 0.25) is 0 Å². The maximum absolute atomic E-state index is 12.3. The van der Waals surface area contributed by atoms with E-state index in [1.807, 2.05) is 54.6 Å². The van der Waals surface area contributed by atoms with Crippen LogP contribution in [0.3, 0.4) is 0 Å². The first-order chi connectivity index (χ1) is 12.8. The van der Waals surface area contributed by atoms with Crippen molar-refractivity contribution >= 4 is 0 Å². The maximum atomic E-state index is 12.3. The molecule has 2 heterocycles. The Morgan fingerprint density at radius 3 is 2.35 bits per heavy atom. The maximum Gasteiger partial charge on any atom is 0.354 e. The van der Waals surface area contributed by atoms with E-state index in [0.29, 0.717) is 5.76 Å². The molecule has 26 heavy (non-hydrogen) atoms. The predicted octanol–water partition coefficient (Wildman–Crippen LogP) is 4.27. The molecule has 4 nitrogen and oxygen atoms in total. The molecule has 1 saturated heterocycles. The Morgan fingerprint density at radius 1 is 1.00 bits per heavy atom. The summed E-state index contributed by atoms with van der Waals surface area (Å²) in [6, 6.07) is 21.9. The molecule has 4 heteroatoms. The van der Waals surface area contributed by atoms with Crippen LogP contribution < -0.4 is 10.9 Å². The van der Waals surface area contributed by atoms with E-state index in [9.17, 15) is 10.1 Å². The lowest BCUT2D eigenvalue weighted by Gasteiger charge is -2.13. The minimum absolute atomic E-state index is 0.0380. The zero-order valence-corrected chi connectivity index (χ0v) is 14.2. The fourth-order valence-corrected chi connectivity index (χ4v) is 3.45. The highest BCUT2D eigenvalue weighted by Gasteiger charge is 2.23. The van der Waals surface area contributed by atoms with Crippen LogP contribution in [0.5, 0.6) is 0 Å². The van der Waals surface area contributed by atoms with Gasteiger partial charge in [-0.1, -0.05) is 54.6 Å². The molecular formula is C22H18N2O2. The van der Waals surface area contributed by atoms with Crippen molar-refractivity contribution in [2.45, 2.75) is 18.9 Å². The van der Waals surface area contributed by atoms with Gasteiger partial charge in [-0.05, 0) is 42.1 Å². The first kappa shape index (κ1) is 16.3. The SMILES string of the molecule is N#Cc1c(C2CCCN2)cc(-c2ccc(-c3ccccc3)cc2)oc1=O. The zero-order valence-electron chi connectivity index (χ0n) is 14.2. The Hall–Kier alpha value is -3.16. The summed E-state index contributed by atoms with van der Waals surface area (Å²) in [6.07, 6.45) is 1.96.